The van der Waals surface area contributed by atoms with Crippen LogP contribution in [0.25, 0.3) is 0 Å². The standard InChI is InChI=1S/C17H23NOS/c1-12-8-9-16(20-12)15(11-18)19-14-7-5-6-13(10-14)17(2,3)4/h5-10,15H,11,18H2,1-4H3. The molecule has 1 aromatic carbocycles. The third kappa shape index (κ3) is 3.62. The Morgan fingerprint density at radius 1 is 1.20 bits per heavy atom. The summed E-state index contributed by atoms with van der Waals surface area (Å²) < 4.78 is 6.08. The van der Waals surface area contributed by atoms with Gasteiger partial charge in [-0.25, -0.2) is 0 Å². The number of rotatable bonds is 4. The summed E-state index contributed by atoms with van der Waals surface area (Å²) in [6.45, 7) is 9.20. The van der Waals surface area contributed by atoms with Gasteiger partial charge >= 0.3 is 0 Å². The van der Waals surface area contributed by atoms with Crippen molar-refractivity contribution in [3.63, 3.8) is 0 Å². The molecule has 2 nitrogen and oxygen atoms in total. The Kier molecular flexibility index (Phi) is 4.51. The van der Waals surface area contributed by atoms with Crippen molar-refractivity contribution in [3.05, 3.63) is 51.7 Å². The summed E-state index contributed by atoms with van der Waals surface area (Å²) in [5.41, 5.74) is 7.26. The third-order valence-corrected chi connectivity index (χ3v) is 4.36. The Hall–Kier alpha value is -1.32. The molecule has 1 unspecified atom stereocenters. The van der Waals surface area contributed by atoms with Crippen LogP contribution in [-0.4, -0.2) is 6.54 Å². The van der Waals surface area contributed by atoms with Crippen molar-refractivity contribution in [2.45, 2.75) is 39.2 Å². The molecule has 0 spiro atoms. The highest BCUT2D eigenvalue weighted by atomic mass is 32.1. The van der Waals surface area contributed by atoms with Gasteiger partial charge in [-0.05, 0) is 42.2 Å². The van der Waals surface area contributed by atoms with Crippen molar-refractivity contribution in [1.29, 1.82) is 0 Å². The predicted molar refractivity (Wildman–Crippen MR) is 86.6 cm³/mol. The van der Waals surface area contributed by atoms with Crippen molar-refractivity contribution in [2.75, 3.05) is 6.54 Å². The molecule has 0 saturated carbocycles. The van der Waals surface area contributed by atoms with E-state index in [-0.39, 0.29) is 11.5 Å². The summed E-state index contributed by atoms with van der Waals surface area (Å²) in [6.07, 6.45) is -0.0658. The molecule has 0 radical (unpaired) electrons. The molecule has 0 saturated heterocycles. The summed E-state index contributed by atoms with van der Waals surface area (Å²) in [6, 6.07) is 12.5. The van der Waals surface area contributed by atoms with Gasteiger partial charge in [-0.1, -0.05) is 32.9 Å². The number of aryl methyl sites for hydroxylation is 1. The molecule has 20 heavy (non-hydrogen) atoms. The molecule has 3 heteroatoms. The molecular weight excluding hydrogens is 266 g/mol. The lowest BCUT2D eigenvalue weighted by Crippen LogP contribution is -2.18. The minimum atomic E-state index is -0.0658. The van der Waals surface area contributed by atoms with Crippen molar-refractivity contribution >= 4 is 11.3 Å². The molecule has 108 valence electrons. The van der Waals surface area contributed by atoms with E-state index in [4.69, 9.17) is 10.5 Å². The Balaban J connectivity index is 2.20. The van der Waals surface area contributed by atoms with Gasteiger partial charge in [0.05, 0.1) is 0 Å². The normalized spacial score (nSPS) is 13.2. The highest BCUT2D eigenvalue weighted by molar-refractivity contribution is 7.12. The molecule has 0 aliphatic rings. The van der Waals surface area contributed by atoms with Crippen LogP contribution < -0.4 is 10.5 Å². The number of thiophene rings is 1. The van der Waals surface area contributed by atoms with Crippen LogP contribution in [0.5, 0.6) is 5.75 Å². The van der Waals surface area contributed by atoms with Gasteiger partial charge in [-0.15, -0.1) is 11.3 Å². The van der Waals surface area contributed by atoms with Crippen LogP contribution in [0, 0.1) is 6.92 Å². The lowest BCUT2D eigenvalue weighted by molar-refractivity contribution is 0.217. The quantitative estimate of drug-likeness (QED) is 0.903. The molecule has 2 rings (SSSR count). The van der Waals surface area contributed by atoms with Crippen molar-refractivity contribution in [2.24, 2.45) is 5.73 Å². The summed E-state index contributed by atoms with van der Waals surface area (Å²) in [7, 11) is 0. The van der Waals surface area contributed by atoms with Crippen LogP contribution in [0.1, 0.15) is 42.2 Å². The first-order valence-electron chi connectivity index (χ1n) is 6.94. The maximum atomic E-state index is 6.08. The summed E-state index contributed by atoms with van der Waals surface area (Å²) in [5.74, 6) is 0.888. The number of ether oxygens (including phenoxy) is 1. The lowest BCUT2D eigenvalue weighted by atomic mass is 9.87. The molecule has 0 bridgehead atoms. The Labute approximate surface area is 125 Å². The summed E-state index contributed by atoms with van der Waals surface area (Å²) in [4.78, 5) is 2.47. The van der Waals surface area contributed by atoms with Gasteiger partial charge in [0, 0.05) is 16.3 Å². The van der Waals surface area contributed by atoms with E-state index in [0.29, 0.717) is 6.54 Å². The average molecular weight is 289 g/mol. The molecule has 0 aliphatic heterocycles. The van der Waals surface area contributed by atoms with Crippen LogP contribution in [0.4, 0.5) is 0 Å². The number of hydrogen-bond acceptors (Lipinski definition) is 3. The number of nitrogens with two attached hydrogens (primary N) is 1. The van der Waals surface area contributed by atoms with Gasteiger partial charge in [-0.3, -0.25) is 0 Å². The van der Waals surface area contributed by atoms with Crippen LogP contribution in [0.3, 0.4) is 0 Å². The number of hydrogen-bond donors (Lipinski definition) is 1. The van der Waals surface area contributed by atoms with Crippen LogP contribution >= 0.6 is 11.3 Å². The van der Waals surface area contributed by atoms with Crippen molar-refractivity contribution in [1.82, 2.24) is 0 Å². The smallest absolute Gasteiger partial charge is 0.145 e. The molecule has 2 aromatic rings. The fraction of sp³-hybridized carbons (Fsp3) is 0.412. The second-order valence-electron chi connectivity index (χ2n) is 6.07. The monoisotopic (exact) mass is 289 g/mol. The summed E-state index contributed by atoms with van der Waals surface area (Å²) >= 11 is 1.74. The van der Waals surface area contributed by atoms with E-state index in [2.05, 4.69) is 52.0 Å². The van der Waals surface area contributed by atoms with Gasteiger partial charge in [0.15, 0.2) is 0 Å². The SMILES string of the molecule is Cc1ccc(C(CN)Oc2cccc(C(C)(C)C)c2)s1. The van der Waals surface area contributed by atoms with Crippen LogP contribution in [-0.2, 0) is 5.41 Å². The van der Waals surface area contributed by atoms with Gasteiger partial charge in [0.2, 0.25) is 0 Å². The second kappa shape index (κ2) is 5.98. The van der Waals surface area contributed by atoms with Gasteiger partial charge in [-0.2, -0.15) is 0 Å². The minimum Gasteiger partial charge on any atom is -0.484 e. The maximum absolute atomic E-state index is 6.08. The van der Waals surface area contributed by atoms with Crippen LogP contribution in [0.15, 0.2) is 36.4 Å². The van der Waals surface area contributed by atoms with Gasteiger partial charge in [0.25, 0.3) is 0 Å². The van der Waals surface area contributed by atoms with Crippen molar-refractivity contribution < 1.29 is 4.74 Å². The second-order valence-corrected chi connectivity index (χ2v) is 7.39. The first kappa shape index (κ1) is 15.1. The number of benzene rings is 1. The Bertz CT molecular complexity index is 568. The summed E-state index contributed by atoms with van der Waals surface area (Å²) in [5, 5.41) is 0. The van der Waals surface area contributed by atoms with E-state index in [1.54, 1.807) is 11.3 Å². The zero-order valence-corrected chi connectivity index (χ0v) is 13.5. The highest BCUT2D eigenvalue weighted by Crippen LogP contribution is 2.30. The Morgan fingerprint density at radius 3 is 2.50 bits per heavy atom. The fourth-order valence-corrected chi connectivity index (χ4v) is 2.97. The predicted octanol–water partition coefficient (Wildman–Crippen LogP) is 4.43. The first-order valence-corrected chi connectivity index (χ1v) is 7.75. The molecule has 1 aromatic heterocycles. The lowest BCUT2D eigenvalue weighted by Gasteiger charge is -2.21. The topological polar surface area (TPSA) is 35.2 Å². The molecule has 1 heterocycles. The fourth-order valence-electron chi connectivity index (χ4n) is 2.05. The van der Waals surface area contributed by atoms with Crippen molar-refractivity contribution in [3.8, 4) is 5.75 Å². The van der Waals surface area contributed by atoms with E-state index in [0.717, 1.165) is 5.75 Å². The van der Waals surface area contributed by atoms with E-state index in [1.165, 1.54) is 15.3 Å². The van der Waals surface area contributed by atoms with Gasteiger partial charge in [0.1, 0.15) is 11.9 Å². The van der Waals surface area contributed by atoms with E-state index in [9.17, 15) is 0 Å². The minimum absolute atomic E-state index is 0.0658. The zero-order valence-electron chi connectivity index (χ0n) is 12.6. The first-order chi connectivity index (χ1) is 9.40. The van der Waals surface area contributed by atoms with Crippen LogP contribution in [0.2, 0.25) is 0 Å². The molecular formula is C17H23NOS. The average Bonchev–Trinajstić information content (AvgIpc) is 2.82. The van der Waals surface area contributed by atoms with Gasteiger partial charge < -0.3 is 10.5 Å². The van der Waals surface area contributed by atoms with E-state index < -0.39 is 0 Å². The zero-order chi connectivity index (χ0) is 14.8. The van der Waals surface area contributed by atoms with E-state index in [1.807, 2.05) is 12.1 Å². The molecule has 2 N–H and O–H groups in total. The molecule has 0 aliphatic carbocycles. The molecule has 0 fully saturated rings. The third-order valence-electron chi connectivity index (χ3n) is 3.27. The molecule has 0 amide bonds. The molecule has 1 atom stereocenters. The Morgan fingerprint density at radius 2 is 1.95 bits per heavy atom. The maximum Gasteiger partial charge on any atom is 0.145 e. The van der Waals surface area contributed by atoms with E-state index >= 15 is 0 Å². The largest absolute Gasteiger partial charge is 0.484 e. The highest BCUT2D eigenvalue weighted by Gasteiger charge is 2.17.